The predicted molar refractivity (Wildman–Crippen MR) is 132 cm³/mol. The summed E-state index contributed by atoms with van der Waals surface area (Å²) in [6.45, 7) is 7.81. The maximum absolute atomic E-state index is 13.5. The second kappa shape index (κ2) is 12.2. The summed E-state index contributed by atoms with van der Waals surface area (Å²) in [6, 6.07) is 20.3. The quantitative estimate of drug-likeness (QED) is 0.397. The zero-order valence-corrected chi connectivity index (χ0v) is 20.3. The third-order valence-electron chi connectivity index (χ3n) is 5.74. The van der Waals surface area contributed by atoms with Gasteiger partial charge in [-0.05, 0) is 41.8 Å². The highest BCUT2D eigenvalue weighted by atomic mass is 19.1. The van der Waals surface area contributed by atoms with Gasteiger partial charge in [-0.3, -0.25) is 9.59 Å². The van der Waals surface area contributed by atoms with Crippen LogP contribution in [-0.4, -0.2) is 39.3 Å². The van der Waals surface area contributed by atoms with Crippen molar-refractivity contribution in [3.05, 3.63) is 95.6 Å². The molecule has 2 amide bonds. The molecule has 0 saturated carbocycles. The number of amides is 2. The highest BCUT2D eigenvalue weighted by Crippen LogP contribution is 2.15. The van der Waals surface area contributed by atoms with E-state index in [4.69, 9.17) is 0 Å². The van der Waals surface area contributed by atoms with E-state index in [1.807, 2.05) is 74.3 Å². The minimum atomic E-state index is -0.260. The fourth-order valence-electron chi connectivity index (χ4n) is 3.93. The maximum atomic E-state index is 13.5. The van der Waals surface area contributed by atoms with E-state index in [1.165, 1.54) is 12.1 Å². The summed E-state index contributed by atoms with van der Waals surface area (Å²) in [5, 5.41) is 0. The summed E-state index contributed by atoms with van der Waals surface area (Å²) in [5.74, 6) is -0.506. The van der Waals surface area contributed by atoms with Crippen molar-refractivity contribution in [1.82, 2.24) is 14.4 Å². The number of hydrogen-bond donors (Lipinski definition) is 0. The Morgan fingerprint density at radius 3 is 2.24 bits per heavy atom. The van der Waals surface area contributed by atoms with Gasteiger partial charge in [-0.15, -0.1) is 0 Å². The molecule has 0 fully saturated rings. The SMILES string of the molecule is CCCN(CC(=O)N(Cc1ccccc1)Cc1cccn1Cc1ccc(F)cc1)C(=O)C(C)C. The van der Waals surface area contributed by atoms with Crippen LogP contribution in [0.25, 0.3) is 0 Å². The molecular weight excluding hydrogens is 429 g/mol. The molecule has 1 aromatic heterocycles. The lowest BCUT2D eigenvalue weighted by molar-refractivity contribution is -0.143. The summed E-state index contributed by atoms with van der Waals surface area (Å²) in [4.78, 5) is 29.6. The number of aromatic nitrogens is 1. The molecule has 0 unspecified atom stereocenters. The Bertz CT molecular complexity index is 1060. The van der Waals surface area contributed by atoms with Gasteiger partial charge in [-0.2, -0.15) is 0 Å². The highest BCUT2D eigenvalue weighted by molar-refractivity contribution is 5.85. The van der Waals surface area contributed by atoms with Crippen LogP contribution in [0.1, 0.15) is 44.0 Å². The minimum absolute atomic E-state index is 0.00505. The first-order chi connectivity index (χ1) is 16.4. The molecule has 3 aromatic rings. The predicted octanol–water partition coefficient (Wildman–Crippen LogP) is 5.10. The van der Waals surface area contributed by atoms with Crippen LogP contribution in [0.2, 0.25) is 0 Å². The summed E-state index contributed by atoms with van der Waals surface area (Å²) >= 11 is 0. The summed E-state index contributed by atoms with van der Waals surface area (Å²) in [6.07, 6.45) is 2.76. The third-order valence-corrected chi connectivity index (χ3v) is 5.74. The molecule has 0 aliphatic heterocycles. The molecule has 0 saturated heterocycles. The first kappa shape index (κ1) is 25.2. The average Bonchev–Trinajstić information content (AvgIpc) is 3.26. The molecule has 0 atom stereocenters. The molecule has 0 aliphatic carbocycles. The zero-order chi connectivity index (χ0) is 24.5. The highest BCUT2D eigenvalue weighted by Gasteiger charge is 2.23. The Hall–Kier alpha value is -3.41. The second-order valence-electron chi connectivity index (χ2n) is 8.90. The van der Waals surface area contributed by atoms with Gasteiger partial charge in [0.05, 0.1) is 13.1 Å². The van der Waals surface area contributed by atoms with Crippen molar-refractivity contribution in [2.24, 2.45) is 5.92 Å². The first-order valence-corrected chi connectivity index (χ1v) is 11.9. The van der Waals surface area contributed by atoms with Crippen LogP contribution in [0.5, 0.6) is 0 Å². The Kier molecular flexibility index (Phi) is 9.02. The molecule has 0 spiro atoms. The Labute approximate surface area is 201 Å². The lowest BCUT2D eigenvalue weighted by Crippen LogP contribution is -2.44. The van der Waals surface area contributed by atoms with Gasteiger partial charge in [-0.1, -0.05) is 63.2 Å². The fraction of sp³-hybridized carbons (Fsp3) is 0.357. The third kappa shape index (κ3) is 7.04. The molecule has 2 aromatic carbocycles. The smallest absolute Gasteiger partial charge is 0.242 e. The van der Waals surface area contributed by atoms with E-state index < -0.39 is 0 Å². The Morgan fingerprint density at radius 2 is 1.59 bits per heavy atom. The molecule has 0 bridgehead atoms. The zero-order valence-electron chi connectivity index (χ0n) is 20.3. The van der Waals surface area contributed by atoms with E-state index in [2.05, 4.69) is 4.57 Å². The fourth-order valence-corrected chi connectivity index (χ4v) is 3.93. The van der Waals surface area contributed by atoms with Gasteiger partial charge in [0.1, 0.15) is 5.82 Å². The van der Waals surface area contributed by atoms with Crippen molar-refractivity contribution in [1.29, 1.82) is 0 Å². The summed E-state index contributed by atoms with van der Waals surface area (Å²) < 4.78 is 15.4. The monoisotopic (exact) mass is 463 g/mol. The van der Waals surface area contributed by atoms with Gasteiger partial charge in [0, 0.05) is 37.4 Å². The van der Waals surface area contributed by atoms with Crippen LogP contribution in [-0.2, 0) is 29.2 Å². The summed E-state index contributed by atoms with van der Waals surface area (Å²) in [5.41, 5.74) is 2.99. The van der Waals surface area contributed by atoms with Crippen molar-refractivity contribution in [3.63, 3.8) is 0 Å². The van der Waals surface area contributed by atoms with Crippen LogP contribution in [0.3, 0.4) is 0 Å². The standard InChI is InChI=1S/C28H34FN3O2/c1-4-16-31(28(34)22(2)3)21-27(33)32(19-23-9-6-5-7-10-23)20-26-11-8-17-30(26)18-24-12-14-25(29)15-13-24/h5-15,17,22H,4,16,18-21H2,1-3H3. The second-order valence-corrected chi connectivity index (χ2v) is 8.90. The lowest BCUT2D eigenvalue weighted by Gasteiger charge is -2.29. The molecule has 0 radical (unpaired) electrons. The topological polar surface area (TPSA) is 45.6 Å². The number of carbonyl (C=O) groups excluding carboxylic acids is 2. The maximum Gasteiger partial charge on any atom is 0.242 e. The molecular formula is C28H34FN3O2. The van der Waals surface area contributed by atoms with Crippen LogP contribution in [0.15, 0.2) is 72.9 Å². The van der Waals surface area contributed by atoms with E-state index in [0.717, 1.165) is 23.2 Å². The van der Waals surface area contributed by atoms with Crippen LogP contribution in [0.4, 0.5) is 4.39 Å². The molecule has 0 N–H and O–H groups in total. The molecule has 1 heterocycles. The molecule has 5 nitrogen and oxygen atoms in total. The van der Waals surface area contributed by atoms with Crippen molar-refractivity contribution in [2.75, 3.05) is 13.1 Å². The molecule has 180 valence electrons. The normalized spacial score (nSPS) is 11.0. The molecule has 0 aliphatic rings. The van der Waals surface area contributed by atoms with Crippen molar-refractivity contribution in [2.45, 2.75) is 46.8 Å². The van der Waals surface area contributed by atoms with Gasteiger partial charge in [0.15, 0.2) is 0 Å². The Morgan fingerprint density at radius 1 is 0.882 bits per heavy atom. The number of rotatable bonds is 11. The van der Waals surface area contributed by atoms with E-state index in [0.29, 0.717) is 26.2 Å². The van der Waals surface area contributed by atoms with Gasteiger partial charge >= 0.3 is 0 Å². The van der Waals surface area contributed by atoms with E-state index in [-0.39, 0.29) is 30.1 Å². The number of hydrogen-bond acceptors (Lipinski definition) is 2. The van der Waals surface area contributed by atoms with Gasteiger partial charge < -0.3 is 14.4 Å². The first-order valence-electron chi connectivity index (χ1n) is 11.9. The van der Waals surface area contributed by atoms with Crippen molar-refractivity contribution >= 4 is 11.8 Å². The molecule has 3 rings (SSSR count). The van der Waals surface area contributed by atoms with Crippen LogP contribution >= 0.6 is 0 Å². The van der Waals surface area contributed by atoms with Gasteiger partial charge in [-0.25, -0.2) is 4.39 Å². The van der Waals surface area contributed by atoms with Crippen molar-refractivity contribution < 1.29 is 14.0 Å². The van der Waals surface area contributed by atoms with Crippen LogP contribution < -0.4 is 0 Å². The number of halogens is 1. The average molecular weight is 464 g/mol. The van der Waals surface area contributed by atoms with Gasteiger partial charge in [0.25, 0.3) is 0 Å². The number of carbonyl (C=O) groups is 2. The lowest BCUT2D eigenvalue weighted by atomic mass is 10.1. The van der Waals surface area contributed by atoms with E-state index >= 15 is 0 Å². The largest absolute Gasteiger partial charge is 0.345 e. The molecule has 34 heavy (non-hydrogen) atoms. The van der Waals surface area contributed by atoms with Gasteiger partial charge in [0.2, 0.25) is 11.8 Å². The number of nitrogens with zero attached hydrogens (tertiary/aromatic N) is 3. The van der Waals surface area contributed by atoms with E-state index in [9.17, 15) is 14.0 Å². The Balaban J connectivity index is 1.81. The summed E-state index contributed by atoms with van der Waals surface area (Å²) in [7, 11) is 0. The van der Waals surface area contributed by atoms with Crippen molar-refractivity contribution in [3.8, 4) is 0 Å². The minimum Gasteiger partial charge on any atom is -0.345 e. The molecule has 6 heteroatoms. The number of benzene rings is 2. The van der Waals surface area contributed by atoms with E-state index in [1.54, 1.807) is 17.0 Å². The van der Waals surface area contributed by atoms with Crippen LogP contribution in [0, 0.1) is 11.7 Å².